The summed E-state index contributed by atoms with van der Waals surface area (Å²) in [5.74, 6) is -0.513. The van der Waals surface area contributed by atoms with E-state index in [2.05, 4.69) is 10.3 Å². The van der Waals surface area contributed by atoms with Gasteiger partial charge in [-0.2, -0.15) is 0 Å². The van der Waals surface area contributed by atoms with Crippen molar-refractivity contribution in [1.82, 2.24) is 9.55 Å². The first-order valence-electron chi connectivity index (χ1n) is 9.42. The van der Waals surface area contributed by atoms with E-state index in [4.69, 9.17) is 11.6 Å². The molecule has 3 aromatic carbocycles. The van der Waals surface area contributed by atoms with Gasteiger partial charge in [-0.15, -0.1) is 0 Å². The minimum atomic E-state index is -0.346. The van der Waals surface area contributed by atoms with Crippen LogP contribution in [0.4, 0.5) is 10.1 Å². The molecule has 156 valence electrons. The van der Waals surface area contributed by atoms with E-state index in [9.17, 15) is 14.0 Å². The highest BCUT2D eigenvalue weighted by molar-refractivity contribution is 7.99. The number of carbonyl (C=O) groups is 1. The molecule has 0 aliphatic rings. The fraction of sp³-hybridized carbons (Fsp3) is 0.0870. The molecule has 1 amide bonds. The maximum atomic E-state index is 13.3. The van der Waals surface area contributed by atoms with Gasteiger partial charge in [0.15, 0.2) is 5.16 Å². The fourth-order valence-electron chi connectivity index (χ4n) is 3.03. The summed E-state index contributed by atoms with van der Waals surface area (Å²) in [6, 6.07) is 19.8. The Kier molecular flexibility index (Phi) is 6.34. The van der Waals surface area contributed by atoms with Gasteiger partial charge < -0.3 is 5.32 Å². The number of carbonyl (C=O) groups excluding carboxylic acids is 1. The molecule has 0 radical (unpaired) electrons. The smallest absolute Gasteiger partial charge is 0.262 e. The summed E-state index contributed by atoms with van der Waals surface area (Å²) in [5, 5.41) is 4.27. The molecule has 0 aliphatic heterocycles. The Labute approximate surface area is 186 Å². The van der Waals surface area contributed by atoms with Gasteiger partial charge in [-0.3, -0.25) is 14.2 Å². The van der Waals surface area contributed by atoms with Crippen LogP contribution in [0, 0.1) is 5.82 Å². The zero-order valence-corrected chi connectivity index (χ0v) is 17.8. The number of hydrogen-bond acceptors (Lipinski definition) is 4. The maximum Gasteiger partial charge on any atom is 0.262 e. The minimum absolute atomic E-state index is 0.0663. The SMILES string of the molecule is O=C(CSc1nc2ccccc2c(=O)n1Cc1ccc(F)cc1)Nc1ccc(Cl)cc1. The van der Waals surface area contributed by atoms with E-state index >= 15 is 0 Å². The molecule has 1 aromatic heterocycles. The van der Waals surface area contributed by atoms with Gasteiger partial charge in [0.2, 0.25) is 5.91 Å². The molecule has 4 rings (SSSR count). The number of nitrogens with one attached hydrogen (secondary N) is 1. The fourth-order valence-corrected chi connectivity index (χ4v) is 3.95. The van der Waals surface area contributed by atoms with E-state index in [0.29, 0.717) is 26.8 Å². The predicted octanol–water partition coefficient (Wildman–Crippen LogP) is 4.97. The first kappa shape index (κ1) is 21.1. The average molecular weight is 454 g/mol. The second kappa shape index (κ2) is 9.32. The number of fused-ring (bicyclic) bond motifs is 1. The standard InChI is InChI=1S/C23H17ClFN3O2S/c24-16-7-11-18(12-8-16)26-21(29)14-31-23-27-20-4-2-1-3-19(20)22(30)28(23)13-15-5-9-17(25)10-6-15/h1-12H,13-14H2,(H,26,29). The number of thioether (sulfide) groups is 1. The Morgan fingerprint density at radius 2 is 1.74 bits per heavy atom. The van der Waals surface area contributed by atoms with Crippen molar-refractivity contribution in [2.45, 2.75) is 11.7 Å². The normalized spacial score (nSPS) is 10.9. The van der Waals surface area contributed by atoms with Gasteiger partial charge in [-0.25, -0.2) is 9.37 Å². The number of halogens is 2. The van der Waals surface area contributed by atoms with E-state index in [0.717, 1.165) is 5.56 Å². The Morgan fingerprint density at radius 1 is 1.03 bits per heavy atom. The Hall–Kier alpha value is -3.16. The summed E-state index contributed by atoms with van der Waals surface area (Å²) in [6.45, 7) is 0.220. The molecule has 5 nitrogen and oxygen atoms in total. The van der Waals surface area contributed by atoms with Crippen LogP contribution in [-0.4, -0.2) is 21.2 Å². The number of hydrogen-bond donors (Lipinski definition) is 1. The zero-order chi connectivity index (χ0) is 21.8. The molecular weight excluding hydrogens is 437 g/mol. The molecule has 0 spiro atoms. The summed E-state index contributed by atoms with van der Waals surface area (Å²) in [5.41, 5.74) is 1.73. The third kappa shape index (κ3) is 5.13. The van der Waals surface area contributed by atoms with E-state index in [1.165, 1.54) is 28.5 Å². The first-order chi connectivity index (χ1) is 15.0. The first-order valence-corrected chi connectivity index (χ1v) is 10.8. The number of amides is 1. The highest BCUT2D eigenvalue weighted by atomic mass is 35.5. The third-order valence-corrected chi connectivity index (χ3v) is 5.77. The van der Waals surface area contributed by atoms with E-state index < -0.39 is 0 Å². The highest BCUT2D eigenvalue weighted by Gasteiger charge is 2.14. The van der Waals surface area contributed by atoms with Gasteiger partial charge in [-0.1, -0.05) is 47.6 Å². The molecular formula is C23H17ClFN3O2S. The van der Waals surface area contributed by atoms with Crippen LogP contribution in [0.15, 0.2) is 82.7 Å². The van der Waals surface area contributed by atoms with Crippen molar-refractivity contribution in [2.75, 3.05) is 11.1 Å². The average Bonchev–Trinajstić information content (AvgIpc) is 2.77. The molecule has 0 unspecified atom stereocenters. The van der Waals surface area contributed by atoms with Crippen LogP contribution in [0.1, 0.15) is 5.56 Å². The molecule has 1 heterocycles. The number of rotatable bonds is 6. The lowest BCUT2D eigenvalue weighted by atomic mass is 10.2. The van der Waals surface area contributed by atoms with Crippen molar-refractivity contribution < 1.29 is 9.18 Å². The van der Waals surface area contributed by atoms with Gasteiger partial charge in [-0.05, 0) is 54.1 Å². The molecule has 0 aliphatic carbocycles. The van der Waals surface area contributed by atoms with Crippen molar-refractivity contribution in [3.63, 3.8) is 0 Å². The van der Waals surface area contributed by atoms with E-state index in [1.807, 2.05) is 0 Å². The lowest BCUT2D eigenvalue weighted by molar-refractivity contribution is -0.113. The predicted molar refractivity (Wildman–Crippen MR) is 122 cm³/mol. The number of nitrogens with zero attached hydrogens (tertiary/aromatic N) is 2. The highest BCUT2D eigenvalue weighted by Crippen LogP contribution is 2.20. The van der Waals surface area contributed by atoms with Gasteiger partial charge in [0.25, 0.3) is 5.56 Å². The van der Waals surface area contributed by atoms with Crippen molar-refractivity contribution in [3.8, 4) is 0 Å². The van der Waals surface area contributed by atoms with Gasteiger partial charge in [0.05, 0.1) is 23.2 Å². The lowest BCUT2D eigenvalue weighted by Crippen LogP contribution is -2.25. The quantitative estimate of drug-likeness (QED) is 0.331. The maximum absolute atomic E-state index is 13.3. The summed E-state index contributed by atoms with van der Waals surface area (Å²) in [6.07, 6.45) is 0. The van der Waals surface area contributed by atoms with Gasteiger partial charge in [0.1, 0.15) is 5.82 Å². The van der Waals surface area contributed by atoms with E-state index in [1.54, 1.807) is 60.7 Å². The summed E-state index contributed by atoms with van der Waals surface area (Å²) < 4.78 is 14.8. The van der Waals surface area contributed by atoms with Crippen molar-refractivity contribution in [1.29, 1.82) is 0 Å². The Morgan fingerprint density at radius 3 is 2.48 bits per heavy atom. The van der Waals surface area contributed by atoms with Crippen molar-refractivity contribution in [2.24, 2.45) is 0 Å². The monoisotopic (exact) mass is 453 g/mol. The van der Waals surface area contributed by atoms with Gasteiger partial charge >= 0.3 is 0 Å². The summed E-state index contributed by atoms with van der Waals surface area (Å²) in [4.78, 5) is 30.1. The number of aromatic nitrogens is 2. The molecule has 8 heteroatoms. The van der Waals surface area contributed by atoms with Crippen LogP contribution >= 0.6 is 23.4 Å². The minimum Gasteiger partial charge on any atom is -0.325 e. The molecule has 0 bridgehead atoms. The largest absolute Gasteiger partial charge is 0.325 e. The summed E-state index contributed by atoms with van der Waals surface area (Å²) >= 11 is 7.03. The Balaban J connectivity index is 1.60. The van der Waals surface area contributed by atoms with Crippen LogP contribution < -0.4 is 10.9 Å². The lowest BCUT2D eigenvalue weighted by Gasteiger charge is -2.13. The van der Waals surface area contributed by atoms with Crippen LogP contribution in [0.25, 0.3) is 10.9 Å². The summed E-state index contributed by atoms with van der Waals surface area (Å²) in [7, 11) is 0. The number of benzene rings is 3. The van der Waals surface area contributed by atoms with Crippen LogP contribution in [-0.2, 0) is 11.3 Å². The van der Waals surface area contributed by atoms with Crippen LogP contribution in [0.3, 0.4) is 0 Å². The van der Waals surface area contributed by atoms with Crippen LogP contribution in [0.5, 0.6) is 0 Å². The van der Waals surface area contributed by atoms with Crippen LogP contribution in [0.2, 0.25) is 5.02 Å². The molecule has 31 heavy (non-hydrogen) atoms. The molecule has 1 N–H and O–H groups in total. The Bertz CT molecular complexity index is 1290. The molecule has 0 fully saturated rings. The topological polar surface area (TPSA) is 64.0 Å². The third-order valence-electron chi connectivity index (χ3n) is 4.54. The molecule has 0 saturated heterocycles. The van der Waals surface area contributed by atoms with Crippen molar-refractivity contribution >= 4 is 45.9 Å². The second-order valence-corrected chi connectivity index (χ2v) is 8.15. The number of para-hydroxylation sites is 1. The van der Waals surface area contributed by atoms with E-state index in [-0.39, 0.29) is 29.6 Å². The van der Waals surface area contributed by atoms with Crippen molar-refractivity contribution in [3.05, 3.63) is 99.6 Å². The second-order valence-electron chi connectivity index (χ2n) is 6.77. The van der Waals surface area contributed by atoms with Gasteiger partial charge in [0, 0.05) is 10.7 Å². The zero-order valence-electron chi connectivity index (χ0n) is 16.2. The molecule has 0 saturated carbocycles. The number of anilines is 1. The molecule has 4 aromatic rings. The molecule has 0 atom stereocenters.